The lowest BCUT2D eigenvalue weighted by atomic mass is 9.99. The Balaban J connectivity index is 2.18. The zero-order valence-corrected chi connectivity index (χ0v) is 18.4. The summed E-state index contributed by atoms with van der Waals surface area (Å²) in [6.45, 7) is 16.3. The largest absolute Gasteiger partial charge is 0.416 e. The maximum atomic E-state index is 6.28. The number of hydrogen-bond donors (Lipinski definition) is 0. The standard InChI is InChI=1S/C19H25BrClNOSi/c1-13(9-10-23-24(5,6)19(2,3)4)14-7-8-17(20)16-12-22-18(21)11-15(14)16/h7-8,11-12H,1,9-10H2,2-6H3. The lowest BCUT2D eigenvalue weighted by molar-refractivity contribution is 0.296. The Kier molecular flexibility index (Phi) is 5.96. The molecule has 1 heterocycles. The highest BCUT2D eigenvalue weighted by atomic mass is 79.9. The number of pyridine rings is 1. The van der Waals surface area contributed by atoms with Gasteiger partial charge in [0.2, 0.25) is 0 Å². The van der Waals surface area contributed by atoms with Crippen molar-refractivity contribution in [3.8, 4) is 0 Å². The van der Waals surface area contributed by atoms with Crippen molar-refractivity contribution < 1.29 is 4.43 Å². The summed E-state index contributed by atoms with van der Waals surface area (Å²) in [6, 6.07) is 6.02. The summed E-state index contributed by atoms with van der Waals surface area (Å²) >= 11 is 9.66. The quantitative estimate of drug-likeness (QED) is 0.376. The maximum absolute atomic E-state index is 6.28. The van der Waals surface area contributed by atoms with Crippen LogP contribution in [0.15, 0.2) is 35.4 Å². The fourth-order valence-corrected chi connectivity index (χ4v) is 3.92. The van der Waals surface area contributed by atoms with Crippen LogP contribution in [0.1, 0.15) is 32.8 Å². The van der Waals surface area contributed by atoms with Crippen molar-refractivity contribution in [3.05, 3.63) is 46.2 Å². The van der Waals surface area contributed by atoms with Crippen LogP contribution in [0.2, 0.25) is 23.3 Å². The predicted molar refractivity (Wildman–Crippen MR) is 111 cm³/mol. The van der Waals surface area contributed by atoms with Gasteiger partial charge in [-0.3, -0.25) is 0 Å². The Morgan fingerprint density at radius 3 is 2.58 bits per heavy atom. The second-order valence-electron chi connectivity index (χ2n) is 7.61. The van der Waals surface area contributed by atoms with Gasteiger partial charge in [-0.15, -0.1) is 0 Å². The second-order valence-corrected chi connectivity index (χ2v) is 13.7. The minimum atomic E-state index is -1.72. The summed E-state index contributed by atoms with van der Waals surface area (Å²) in [5.74, 6) is 0. The van der Waals surface area contributed by atoms with E-state index in [1.54, 1.807) is 6.20 Å². The molecule has 2 nitrogen and oxygen atoms in total. The molecular weight excluding hydrogens is 402 g/mol. The van der Waals surface area contributed by atoms with E-state index in [4.69, 9.17) is 16.0 Å². The van der Waals surface area contributed by atoms with E-state index in [2.05, 4.69) is 67.4 Å². The Labute approximate surface area is 159 Å². The van der Waals surface area contributed by atoms with E-state index in [0.29, 0.717) is 11.8 Å². The van der Waals surface area contributed by atoms with Crippen LogP contribution in [0.4, 0.5) is 0 Å². The molecule has 1 aromatic carbocycles. The highest BCUT2D eigenvalue weighted by molar-refractivity contribution is 9.10. The second kappa shape index (κ2) is 7.28. The van der Waals surface area contributed by atoms with Gasteiger partial charge in [-0.2, -0.15) is 0 Å². The molecule has 5 heteroatoms. The molecule has 2 rings (SSSR count). The van der Waals surface area contributed by atoms with E-state index in [1.807, 2.05) is 12.1 Å². The summed E-state index contributed by atoms with van der Waals surface area (Å²) in [4.78, 5) is 4.18. The van der Waals surface area contributed by atoms with Crippen molar-refractivity contribution in [2.24, 2.45) is 0 Å². The summed E-state index contributed by atoms with van der Waals surface area (Å²) in [6.07, 6.45) is 2.61. The number of halogens is 2. The third kappa shape index (κ3) is 4.28. The van der Waals surface area contributed by atoms with Gasteiger partial charge in [0, 0.05) is 22.7 Å². The van der Waals surface area contributed by atoms with E-state index >= 15 is 0 Å². The van der Waals surface area contributed by atoms with Crippen molar-refractivity contribution in [2.75, 3.05) is 6.61 Å². The molecule has 0 aliphatic carbocycles. The van der Waals surface area contributed by atoms with Gasteiger partial charge in [0.1, 0.15) is 5.15 Å². The molecule has 0 unspecified atom stereocenters. The molecule has 1 aromatic heterocycles. The highest BCUT2D eigenvalue weighted by Crippen LogP contribution is 2.37. The maximum Gasteiger partial charge on any atom is 0.191 e. The first kappa shape index (κ1) is 19.6. The first-order valence-electron chi connectivity index (χ1n) is 8.09. The lowest BCUT2D eigenvalue weighted by Gasteiger charge is -2.36. The summed E-state index contributed by atoms with van der Waals surface area (Å²) in [5, 5.41) is 2.83. The molecule has 24 heavy (non-hydrogen) atoms. The van der Waals surface area contributed by atoms with Gasteiger partial charge < -0.3 is 4.43 Å². The van der Waals surface area contributed by atoms with E-state index in [0.717, 1.165) is 32.8 Å². The number of aromatic nitrogens is 1. The molecule has 0 atom stereocenters. The zero-order chi connectivity index (χ0) is 18.1. The van der Waals surface area contributed by atoms with Crippen molar-refractivity contribution >= 4 is 52.2 Å². The molecule has 0 spiro atoms. The van der Waals surface area contributed by atoms with Gasteiger partial charge >= 0.3 is 0 Å². The summed E-state index contributed by atoms with van der Waals surface area (Å²) in [7, 11) is -1.72. The molecule has 130 valence electrons. The SMILES string of the molecule is C=C(CCO[Si](C)(C)C(C)(C)C)c1ccc(Br)c2cnc(Cl)cc12. The Bertz CT molecular complexity index is 768. The molecule has 2 aromatic rings. The number of benzene rings is 1. The molecule has 0 amide bonds. The molecule has 0 saturated heterocycles. The summed E-state index contributed by atoms with van der Waals surface area (Å²) < 4.78 is 7.29. The third-order valence-electron chi connectivity index (χ3n) is 4.87. The van der Waals surface area contributed by atoms with Gasteiger partial charge in [-0.05, 0) is 53.2 Å². The zero-order valence-electron chi connectivity index (χ0n) is 15.0. The Morgan fingerprint density at radius 2 is 1.96 bits per heavy atom. The van der Waals surface area contributed by atoms with Crippen LogP contribution in [-0.2, 0) is 4.43 Å². The van der Waals surface area contributed by atoms with Crippen LogP contribution in [-0.4, -0.2) is 19.9 Å². The first-order chi connectivity index (χ1) is 11.0. The Morgan fingerprint density at radius 1 is 1.29 bits per heavy atom. The van der Waals surface area contributed by atoms with Crippen LogP contribution in [0, 0.1) is 0 Å². The molecule has 0 N–H and O–H groups in total. The molecule has 0 fully saturated rings. The average molecular weight is 427 g/mol. The van der Waals surface area contributed by atoms with E-state index < -0.39 is 8.32 Å². The van der Waals surface area contributed by atoms with Crippen LogP contribution >= 0.6 is 27.5 Å². The molecule has 0 aliphatic rings. The van der Waals surface area contributed by atoms with Crippen LogP contribution < -0.4 is 0 Å². The van der Waals surface area contributed by atoms with E-state index in [-0.39, 0.29) is 5.04 Å². The average Bonchev–Trinajstić information content (AvgIpc) is 2.45. The lowest BCUT2D eigenvalue weighted by Crippen LogP contribution is -2.40. The van der Waals surface area contributed by atoms with Crippen LogP contribution in [0.3, 0.4) is 0 Å². The molecule has 0 bridgehead atoms. The van der Waals surface area contributed by atoms with Crippen LogP contribution in [0.25, 0.3) is 16.3 Å². The fourth-order valence-electron chi connectivity index (χ4n) is 2.27. The molecular formula is C19H25BrClNOSi. The highest BCUT2D eigenvalue weighted by Gasteiger charge is 2.36. The fraction of sp³-hybridized carbons (Fsp3) is 0.421. The third-order valence-corrected chi connectivity index (χ3v) is 10.3. The first-order valence-corrected chi connectivity index (χ1v) is 12.2. The van der Waals surface area contributed by atoms with Crippen molar-refractivity contribution in [1.82, 2.24) is 4.98 Å². The minimum absolute atomic E-state index is 0.220. The van der Waals surface area contributed by atoms with Gasteiger partial charge in [0.25, 0.3) is 0 Å². The normalized spacial score (nSPS) is 12.6. The van der Waals surface area contributed by atoms with E-state index in [9.17, 15) is 0 Å². The number of hydrogen-bond acceptors (Lipinski definition) is 2. The van der Waals surface area contributed by atoms with Gasteiger partial charge in [0.05, 0.1) is 0 Å². The topological polar surface area (TPSA) is 22.1 Å². The number of nitrogens with zero attached hydrogens (tertiary/aromatic N) is 1. The predicted octanol–water partition coefficient (Wildman–Crippen LogP) is 7.08. The van der Waals surface area contributed by atoms with Crippen molar-refractivity contribution in [1.29, 1.82) is 0 Å². The van der Waals surface area contributed by atoms with Crippen molar-refractivity contribution in [3.63, 3.8) is 0 Å². The molecule has 0 saturated carbocycles. The van der Waals surface area contributed by atoms with E-state index in [1.165, 1.54) is 0 Å². The number of fused-ring (bicyclic) bond motifs is 1. The monoisotopic (exact) mass is 425 g/mol. The minimum Gasteiger partial charge on any atom is -0.416 e. The van der Waals surface area contributed by atoms with Crippen LogP contribution in [0.5, 0.6) is 0 Å². The number of rotatable bonds is 5. The van der Waals surface area contributed by atoms with Gasteiger partial charge in [-0.1, -0.05) is 60.9 Å². The smallest absolute Gasteiger partial charge is 0.191 e. The van der Waals surface area contributed by atoms with Gasteiger partial charge in [-0.25, -0.2) is 4.98 Å². The molecule has 0 radical (unpaired) electrons. The summed E-state index contributed by atoms with van der Waals surface area (Å²) in [5.41, 5.74) is 2.17. The van der Waals surface area contributed by atoms with Crippen molar-refractivity contribution in [2.45, 2.75) is 45.3 Å². The Hall–Kier alpha value is -0.683. The van der Waals surface area contributed by atoms with Gasteiger partial charge in [0.15, 0.2) is 8.32 Å². The molecule has 0 aliphatic heterocycles.